The Bertz CT molecular complexity index is 735. The summed E-state index contributed by atoms with van der Waals surface area (Å²) in [6.45, 7) is 12.0. The molecule has 160 valence electrons. The maximum atomic E-state index is 13.1. The van der Waals surface area contributed by atoms with Crippen LogP contribution in [0.3, 0.4) is 0 Å². The van der Waals surface area contributed by atoms with E-state index in [4.69, 9.17) is 4.98 Å². The van der Waals surface area contributed by atoms with E-state index in [-0.39, 0.29) is 11.8 Å². The molecule has 1 aromatic heterocycles. The summed E-state index contributed by atoms with van der Waals surface area (Å²) in [4.78, 5) is 39.6. The van der Waals surface area contributed by atoms with Gasteiger partial charge in [-0.25, -0.2) is 4.98 Å². The molecule has 2 fully saturated rings. The molecule has 1 aromatic rings. The van der Waals surface area contributed by atoms with Crippen molar-refractivity contribution in [1.29, 1.82) is 0 Å². The van der Waals surface area contributed by atoms with E-state index in [1.807, 2.05) is 4.90 Å². The summed E-state index contributed by atoms with van der Waals surface area (Å²) in [5, 5.41) is 1.07. The average Bonchev–Trinajstić information content (AvgIpc) is 3.17. The van der Waals surface area contributed by atoms with Crippen LogP contribution >= 0.6 is 11.3 Å². The predicted octanol–water partition coefficient (Wildman–Crippen LogP) is 1.47. The molecule has 0 unspecified atom stereocenters. The van der Waals surface area contributed by atoms with Crippen molar-refractivity contribution in [2.45, 2.75) is 39.5 Å². The Labute approximate surface area is 177 Å². The van der Waals surface area contributed by atoms with E-state index >= 15 is 0 Å². The van der Waals surface area contributed by atoms with Crippen LogP contribution in [0.4, 0.5) is 5.13 Å². The van der Waals surface area contributed by atoms with Crippen molar-refractivity contribution < 1.29 is 9.59 Å². The first-order valence-electron chi connectivity index (χ1n) is 11.0. The first-order chi connectivity index (χ1) is 14.0. The molecular weight excluding hydrogens is 386 g/mol. The summed E-state index contributed by atoms with van der Waals surface area (Å²) in [7, 11) is 0. The van der Waals surface area contributed by atoms with Gasteiger partial charge < -0.3 is 14.7 Å². The normalized spacial score (nSPS) is 23.2. The van der Waals surface area contributed by atoms with E-state index in [0.29, 0.717) is 5.91 Å². The summed E-state index contributed by atoms with van der Waals surface area (Å²) >= 11 is 1.76. The highest BCUT2D eigenvalue weighted by molar-refractivity contribution is 7.15. The van der Waals surface area contributed by atoms with E-state index < -0.39 is 0 Å². The molecule has 3 aliphatic rings. The van der Waals surface area contributed by atoms with Gasteiger partial charge in [-0.3, -0.25) is 14.5 Å². The van der Waals surface area contributed by atoms with Crippen molar-refractivity contribution in [3.8, 4) is 0 Å². The van der Waals surface area contributed by atoms with Crippen LogP contribution in [0.15, 0.2) is 0 Å². The lowest BCUT2D eigenvalue weighted by Gasteiger charge is -2.36. The minimum Gasteiger partial charge on any atom is -0.345 e. The number of piperazine rings is 2. The number of rotatable bonds is 4. The monoisotopic (exact) mass is 419 g/mol. The summed E-state index contributed by atoms with van der Waals surface area (Å²) in [6, 6.07) is 0. The molecule has 8 heteroatoms. The second kappa shape index (κ2) is 9.00. The zero-order valence-corrected chi connectivity index (χ0v) is 18.5. The lowest BCUT2D eigenvalue weighted by atomic mass is 9.90. The molecule has 0 radical (unpaired) electrons. The van der Waals surface area contributed by atoms with Gasteiger partial charge >= 0.3 is 0 Å². The van der Waals surface area contributed by atoms with E-state index in [0.717, 1.165) is 83.3 Å². The van der Waals surface area contributed by atoms with Gasteiger partial charge in [0, 0.05) is 70.1 Å². The minimum absolute atomic E-state index is 0.114. The Morgan fingerprint density at radius 1 is 1.03 bits per heavy atom. The van der Waals surface area contributed by atoms with Crippen molar-refractivity contribution in [2.75, 3.05) is 63.8 Å². The number of aryl methyl sites for hydroxylation is 1. The summed E-state index contributed by atoms with van der Waals surface area (Å²) in [5.41, 5.74) is 1.19. The zero-order chi connectivity index (χ0) is 20.4. The van der Waals surface area contributed by atoms with Crippen LogP contribution in [0.25, 0.3) is 0 Å². The molecular formula is C21H33N5O2S. The van der Waals surface area contributed by atoms with Gasteiger partial charge in [0.2, 0.25) is 11.8 Å². The van der Waals surface area contributed by atoms with Gasteiger partial charge in [-0.1, -0.05) is 6.92 Å². The lowest BCUT2D eigenvalue weighted by Crippen LogP contribution is -2.50. The zero-order valence-electron chi connectivity index (χ0n) is 17.7. The molecule has 0 bridgehead atoms. The molecule has 4 rings (SSSR count). The topological polar surface area (TPSA) is 60.0 Å². The molecule has 2 amide bonds. The second-order valence-electron chi connectivity index (χ2n) is 8.47. The average molecular weight is 420 g/mol. The number of carbonyl (C=O) groups is 2. The Morgan fingerprint density at radius 2 is 1.72 bits per heavy atom. The maximum Gasteiger partial charge on any atom is 0.226 e. The van der Waals surface area contributed by atoms with Crippen molar-refractivity contribution in [3.63, 3.8) is 0 Å². The molecule has 0 spiro atoms. The molecule has 2 aliphatic heterocycles. The number of nitrogens with zero attached hydrogens (tertiary/aromatic N) is 5. The van der Waals surface area contributed by atoms with Crippen molar-refractivity contribution >= 4 is 28.3 Å². The van der Waals surface area contributed by atoms with Crippen LogP contribution in [0.5, 0.6) is 0 Å². The third kappa shape index (κ3) is 4.58. The predicted molar refractivity (Wildman–Crippen MR) is 115 cm³/mol. The van der Waals surface area contributed by atoms with Gasteiger partial charge in [-0.15, -0.1) is 11.3 Å². The van der Waals surface area contributed by atoms with Gasteiger partial charge in [-0.05, 0) is 32.2 Å². The smallest absolute Gasteiger partial charge is 0.226 e. The van der Waals surface area contributed by atoms with Crippen LogP contribution in [0, 0.1) is 5.92 Å². The molecule has 1 aliphatic carbocycles. The molecule has 0 saturated carbocycles. The minimum atomic E-state index is 0.114. The van der Waals surface area contributed by atoms with Gasteiger partial charge in [0.05, 0.1) is 5.69 Å². The standard InChI is InChI=1S/C21H33N5O2S/c1-3-6-23-7-9-25(10-8-23)20(28)17-4-5-18-19(15-17)29-21(22-18)26-13-11-24(12-14-26)16(2)27/h17H,3-15H2,1-2H3/t17-/m0/s1. The fraction of sp³-hybridized carbons (Fsp3) is 0.762. The molecule has 0 N–H and O–H groups in total. The van der Waals surface area contributed by atoms with Crippen molar-refractivity contribution in [3.05, 3.63) is 10.6 Å². The number of amides is 2. The number of carbonyl (C=O) groups excluding carboxylic acids is 2. The van der Waals surface area contributed by atoms with Crippen LogP contribution in [-0.4, -0.2) is 90.4 Å². The molecule has 2 saturated heterocycles. The van der Waals surface area contributed by atoms with Crippen molar-refractivity contribution in [2.24, 2.45) is 5.92 Å². The third-order valence-electron chi connectivity index (χ3n) is 6.50. The van der Waals surface area contributed by atoms with Gasteiger partial charge in [-0.2, -0.15) is 0 Å². The number of thiazole rings is 1. The second-order valence-corrected chi connectivity index (χ2v) is 9.53. The van der Waals surface area contributed by atoms with Crippen LogP contribution in [-0.2, 0) is 22.4 Å². The highest BCUT2D eigenvalue weighted by Crippen LogP contribution is 2.35. The Morgan fingerprint density at radius 3 is 2.38 bits per heavy atom. The molecule has 7 nitrogen and oxygen atoms in total. The van der Waals surface area contributed by atoms with E-state index in [2.05, 4.69) is 21.6 Å². The largest absolute Gasteiger partial charge is 0.345 e. The Hall–Kier alpha value is -1.67. The Balaban J connectivity index is 1.33. The highest BCUT2D eigenvalue weighted by Gasteiger charge is 2.32. The van der Waals surface area contributed by atoms with Crippen LogP contribution in [0.1, 0.15) is 37.3 Å². The highest BCUT2D eigenvalue weighted by atomic mass is 32.1. The summed E-state index contributed by atoms with van der Waals surface area (Å²) < 4.78 is 0. The number of hydrogen-bond donors (Lipinski definition) is 0. The first-order valence-corrected chi connectivity index (χ1v) is 11.9. The number of hydrogen-bond acceptors (Lipinski definition) is 6. The van der Waals surface area contributed by atoms with Crippen LogP contribution < -0.4 is 4.90 Å². The van der Waals surface area contributed by atoms with E-state index in [9.17, 15) is 9.59 Å². The summed E-state index contributed by atoms with van der Waals surface area (Å²) in [5.74, 6) is 0.611. The lowest BCUT2D eigenvalue weighted by molar-refractivity contribution is -0.137. The quantitative estimate of drug-likeness (QED) is 0.740. The van der Waals surface area contributed by atoms with Gasteiger partial charge in [0.1, 0.15) is 0 Å². The Kier molecular flexibility index (Phi) is 6.39. The maximum absolute atomic E-state index is 13.1. The van der Waals surface area contributed by atoms with Crippen molar-refractivity contribution in [1.82, 2.24) is 19.7 Å². The molecule has 29 heavy (non-hydrogen) atoms. The molecule has 0 aromatic carbocycles. The molecule has 3 heterocycles. The number of aromatic nitrogens is 1. The fourth-order valence-corrected chi connectivity index (χ4v) is 5.92. The number of anilines is 1. The van der Waals surface area contributed by atoms with E-state index in [1.54, 1.807) is 18.3 Å². The SMILES string of the molecule is CCCN1CCN(C(=O)[C@H]2CCc3nc(N4CCN(C(C)=O)CC4)sc3C2)CC1. The first kappa shape index (κ1) is 20.6. The van der Waals surface area contributed by atoms with Gasteiger partial charge in [0.25, 0.3) is 0 Å². The van der Waals surface area contributed by atoms with Crippen LogP contribution in [0.2, 0.25) is 0 Å². The number of fused-ring (bicyclic) bond motifs is 1. The third-order valence-corrected chi connectivity index (χ3v) is 7.68. The molecule has 1 atom stereocenters. The van der Waals surface area contributed by atoms with Gasteiger partial charge in [0.15, 0.2) is 5.13 Å². The fourth-order valence-electron chi connectivity index (χ4n) is 4.69. The van der Waals surface area contributed by atoms with E-state index in [1.165, 1.54) is 17.0 Å². The summed E-state index contributed by atoms with van der Waals surface area (Å²) in [6.07, 6.45) is 3.85.